The van der Waals surface area contributed by atoms with Gasteiger partial charge in [-0.05, 0) is 39.5 Å². The van der Waals surface area contributed by atoms with Crippen molar-refractivity contribution in [3.63, 3.8) is 0 Å². The normalized spacial score (nSPS) is 19.2. The summed E-state index contributed by atoms with van der Waals surface area (Å²) in [5.41, 5.74) is 2.81. The van der Waals surface area contributed by atoms with Gasteiger partial charge in [0.15, 0.2) is 5.76 Å². The Kier molecular flexibility index (Phi) is 4.74. The summed E-state index contributed by atoms with van der Waals surface area (Å²) in [7, 11) is 0. The van der Waals surface area contributed by atoms with E-state index in [9.17, 15) is 4.79 Å². The zero-order valence-electron chi connectivity index (χ0n) is 15.6. The maximum atomic E-state index is 12.7. The number of piperidine rings is 1. The van der Waals surface area contributed by atoms with Crippen LogP contribution >= 0.6 is 0 Å². The molecule has 2 fully saturated rings. The predicted octanol–water partition coefficient (Wildman–Crippen LogP) is 3.64. The third-order valence-electron chi connectivity index (χ3n) is 5.73. The molecule has 0 bridgehead atoms. The minimum Gasteiger partial charge on any atom is -0.356 e. The molecule has 0 atom stereocenters. The molecule has 3 heterocycles. The van der Waals surface area contributed by atoms with Crippen molar-refractivity contribution in [2.75, 3.05) is 13.1 Å². The van der Waals surface area contributed by atoms with Crippen LogP contribution in [0.1, 0.15) is 61.7 Å². The molecular weight excluding hydrogens is 328 g/mol. The second-order valence-electron chi connectivity index (χ2n) is 7.63. The zero-order valence-corrected chi connectivity index (χ0v) is 15.6. The van der Waals surface area contributed by atoms with Gasteiger partial charge in [-0.3, -0.25) is 4.79 Å². The fourth-order valence-electron chi connectivity index (χ4n) is 4.28. The predicted molar refractivity (Wildman–Crippen MR) is 97.5 cm³/mol. The molecule has 138 valence electrons. The average Bonchev–Trinajstić information content (AvgIpc) is 3.33. The lowest BCUT2D eigenvalue weighted by Crippen LogP contribution is -2.41. The van der Waals surface area contributed by atoms with Crippen LogP contribution in [0.3, 0.4) is 0 Å². The van der Waals surface area contributed by atoms with Gasteiger partial charge in [-0.1, -0.05) is 18.0 Å². The molecule has 6 nitrogen and oxygen atoms in total. The first kappa shape index (κ1) is 17.2. The molecule has 1 amide bonds. The van der Waals surface area contributed by atoms with E-state index in [4.69, 9.17) is 9.51 Å². The number of nitrogens with zero attached hydrogens (tertiary/aromatic N) is 4. The number of likely N-dealkylation sites (tertiary alicyclic amines) is 1. The third-order valence-corrected chi connectivity index (χ3v) is 5.73. The van der Waals surface area contributed by atoms with E-state index >= 15 is 0 Å². The van der Waals surface area contributed by atoms with Gasteiger partial charge in [0.05, 0.1) is 17.0 Å². The zero-order chi connectivity index (χ0) is 18.1. The standard InChI is InChI=1S/C20H26N4O2/c1-13-11-18(26-23-13)17-12-21-14(2)22-19(17)15-7-9-24(10-8-15)20(25)16-5-3-4-6-16/h11-12,15-16H,3-10H2,1-2H3. The van der Waals surface area contributed by atoms with E-state index in [0.717, 1.165) is 67.3 Å². The van der Waals surface area contributed by atoms with Crippen molar-refractivity contribution in [3.05, 3.63) is 29.5 Å². The van der Waals surface area contributed by atoms with Gasteiger partial charge in [0, 0.05) is 37.2 Å². The van der Waals surface area contributed by atoms with Crippen LogP contribution in [0, 0.1) is 19.8 Å². The lowest BCUT2D eigenvalue weighted by atomic mass is 9.89. The summed E-state index contributed by atoms with van der Waals surface area (Å²) in [6, 6.07) is 1.93. The first-order chi connectivity index (χ1) is 12.6. The Bertz CT molecular complexity index is 787. The van der Waals surface area contributed by atoms with Gasteiger partial charge >= 0.3 is 0 Å². The van der Waals surface area contributed by atoms with Crippen molar-refractivity contribution in [2.24, 2.45) is 5.92 Å². The van der Waals surface area contributed by atoms with Gasteiger partial charge in [-0.25, -0.2) is 9.97 Å². The van der Waals surface area contributed by atoms with Gasteiger partial charge < -0.3 is 9.42 Å². The number of rotatable bonds is 3. The Hall–Kier alpha value is -2.24. The summed E-state index contributed by atoms with van der Waals surface area (Å²) in [5.74, 6) is 2.45. The molecule has 1 aliphatic heterocycles. The fraction of sp³-hybridized carbons (Fsp3) is 0.600. The lowest BCUT2D eigenvalue weighted by Gasteiger charge is -2.33. The third kappa shape index (κ3) is 3.37. The molecule has 0 aromatic carbocycles. The van der Waals surface area contributed by atoms with Crippen LogP contribution in [0.15, 0.2) is 16.8 Å². The Labute approximate surface area is 154 Å². The largest absolute Gasteiger partial charge is 0.356 e. The van der Waals surface area contributed by atoms with E-state index in [1.807, 2.05) is 26.1 Å². The van der Waals surface area contributed by atoms with E-state index in [2.05, 4.69) is 15.0 Å². The van der Waals surface area contributed by atoms with Gasteiger partial charge in [0.25, 0.3) is 0 Å². The molecule has 2 aromatic heterocycles. The van der Waals surface area contributed by atoms with E-state index < -0.39 is 0 Å². The Morgan fingerprint density at radius 2 is 1.88 bits per heavy atom. The van der Waals surface area contributed by atoms with E-state index in [1.165, 1.54) is 12.8 Å². The summed E-state index contributed by atoms with van der Waals surface area (Å²) in [4.78, 5) is 23.8. The molecular formula is C20H26N4O2. The van der Waals surface area contributed by atoms with Crippen LogP contribution in [0.4, 0.5) is 0 Å². The van der Waals surface area contributed by atoms with Gasteiger partial charge in [0.1, 0.15) is 5.82 Å². The monoisotopic (exact) mass is 354 g/mol. The highest BCUT2D eigenvalue weighted by Crippen LogP contribution is 2.35. The molecule has 4 rings (SSSR count). The van der Waals surface area contributed by atoms with Crippen LogP contribution in [0.2, 0.25) is 0 Å². The number of hydrogen-bond donors (Lipinski definition) is 0. The number of carbonyl (C=O) groups excluding carboxylic acids is 1. The molecule has 0 unspecified atom stereocenters. The molecule has 0 radical (unpaired) electrons. The highest BCUT2D eigenvalue weighted by molar-refractivity contribution is 5.79. The molecule has 6 heteroatoms. The summed E-state index contributed by atoms with van der Waals surface area (Å²) in [6.07, 6.45) is 8.26. The van der Waals surface area contributed by atoms with Crippen molar-refractivity contribution < 1.29 is 9.32 Å². The Morgan fingerprint density at radius 3 is 2.54 bits per heavy atom. The quantitative estimate of drug-likeness (QED) is 0.841. The van der Waals surface area contributed by atoms with E-state index in [0.29, 0.717) is 11.8 Å². The van der Waals surface area contributed by atoms with Crippen molar-refractivity contribution in [3.8, 4) is 11.3 Å². The second-order valence-corrected chi connectivity index (χ2v) is 7.63. The topological polar surface area (TPSA) is 72.1 Å². The van der Waals surface area contributed by atoms with Crippen molar-refractivity contribution in [1.82, 2.24) is 20.0 Å². The molecule has 1 saturated carbocycles. The van der Waals surface area contributed by atoms with Gasteiger partial charge in [-0.15, -0.1) is 0 Å². The average molecular weight is 354 g/mol. The number of carbonyl (C=O) groups is 1. The molecule has 0 N–H and O–H groups in total. The molecule has 26 heavy (non-hydrogen) atoms. The lowest BCUT2D eigenvalue weighted by molar-refractivity contribution is -0.136. The fourth-order valence-corrected chi connectivity index (χ4v) is 4.28. The molecule has 0 spiro atoms. The van der Waals surface area contributed by atoms with Crippen LogP contribution in [-0.2, 0) is 4.79 Å². The van der Waals surface area contributed by atoms with Gasteiger partial charge in [0.2, 0.25) is 5.91 Å². The maximum Gasteiger partial charge on any atom is 0.225 e. The Morgan fingerprint density at radius 1 is 1.15 bits per heavy atom. The van der Waals surface area contributed by atoms with Crippen molar-refractivity contribution >= 4 is 5.91 Å². The minimum absolute atomic E-state index is 0.264. The molecule has 2 aromatic rings. The second kappa shape index (κ2) is 7.17. The maximum absolute atomic E-state index is 12.7. The first-order valence-corrected chi connectivity index (χ1v) is 9.68. The first-order valence-electron chi connectivity index (χ1n) is 9.68. The van der Waals surface area contributed by atoms with Crippen molar-refractivity contribution in [1.29, 1.82) is 0 Å². The smallest absolute Gasteiger partial charge is 0.225 e. The van der Waals surface area contributed by atoms with Crippen molar-refractivity contribution in [2.45, 2.75) is 58.3 Å². The van der Waals surface area contributed by atoms with Gasteiger partial charge in [-0.2, -0.15) is 0 Å². The van der Waals surface area contributed by atoms with E-state index in [-0.39, 0.29) is 5.92 Å². The molecule has 1 aliphatic carbocycles. The molecule has 1 saturated heterocycles. The number of amides is 1. The number of aromatic nitrogens is 3. The molecule has 2 aliphatic rings. The highest BCUT2D eigenvalue weighted by Gasteiger charge is 2.32. The number of hydrogen-bond acceptors (Lipinski definition) is 5. The van der Waals surface area contributed by atoms with E-state index in [1.54, 1.807) is 0 Å². The summed E-state index contributed by atoms with van der Waals surface area (Å²) in [5, 5.41) is 4.00. The highest BCUT2D eigenvalue weighted by atomic mass is 16.5. The summed E-state index contributed by atoms with van der Waals surface area (Å²) in [6.45, 7) is 5.46. The minimum atomic E-state index is 0.264. The Balaban J connectivity index is 1.50. The van der Waals surface area contributed by atoms with Crippen LogP contribution in [-0.4, -0.2) is 39.0 Å². The van der Waals surface area contributed by atoms with Crippen LogP contribution < -0.4 is 0 Å². The van der Waals surface area contributed by atoms with Crippen LogP contribution in [0.25, 0.3) is 11.3 Å². The SMILES string of the molecule is Cc1cc(-c2cnc(C)nc2C2CCN(C(=O)C3CCCC3)CC2)on1. The summed E-state index contributed by atoms with van der Waals surface area (Å²) < 4.78 is 5.45. The summed E-state index contributed by atoms with van der Waals surface area (Å²) >= 11 is 0. The number of aryl methyl sites for hydroxylation is 2. The van der Waals surface area contributed by atoms with Crippen LogP contribution in [0.5, 0.6) is 0 Å².